The Morgan fingerprint density at radius 3 is 2.69 bits per heavy atom. The number of nitrogens with one attached hydrogen (secondary N) is 1. The Labute approximate surface area is 177 Å². The van der Waals surface area contributed by atoms with Gasteiger partial charge in [0.25, 0.3) is 0 Å². The molecular weight excluding hydrogens is 469 g/mol. The monoisotopic (exact) mass is 495 g/mol. The van der Waals surface area contributed by atoms with Crippen molar-refractivity contribution in [2.75, 3.05) is 40.9 Å². The second kappa shape index (κ2) is 10.8. The van der Waals surface area contributed by atoms with Crippen molar-refractivity contribution in [1.29, 1.82) is 0 Å². The molecule has 6 nitrogen and oxygen atoms in total. The fraction of sp³-hybridized carbons (Fsp3) is 0.556. The Balaban J connectivity index is 0.00000338. The Bertz CT molecular complexity index is 642. The summed E-state index contributed by atoms with van der Waals surface area (Å²) in [6, 6.07) is 5.69. The molecule has 1 heterocycles. The molecule has 1 saturated heterocycles. The van der Waals surface area contributed by atoms with E-state index >= 15 is 0 Å². The highest BCUT2D eigenvalue weighted by Crippen LogP contribution is 2.24. The van der Waals surface area contributed by atoms with Crippen LogP contribution in [-0.4, -0.2) is 57.7 Å². The average molecular weight is 496 g/mol. The van der Waals surface area contributed by atoms with Crippen molar-refractivity contribution in [1.82, 2.24) is 10.2 Å². The number of hydrogen-bond acceptors (Lipinski definition) is 4. The number of benzene rings is 1. The van der Waals surface area contributed by atoms with Crippen molar-refractivity contribution in [3.05, 3.63) is 28.8 Å². The zero-order valence-electron chi connectivity index (χ0n) is 15.6. The molecule has 0 radical (unpaired) electrons. The number of esters is 1. The first kappa shape index (κ1) is 22.8. The normalized spacial score (nSPS) is 19.7. The number of aliphatic imine (C=N–C) groups is 1. The molecule has 0 spiro atoms. The standard InChI is InChI=1S/C18H26ClN3O3.HI/c1-12-10-22(11-15(12)17(23)25-4)18(20-2)21-8-7-13-5-6-14(24-3)9-16(13)19;/h5-6,9,12,15H,7-8,10-11H2,1-4H3,(H,20,21);1H. The quantitative estimate of drug-likeness (QED) is 0.295. The van der Waals surface area contributed by atoms with Crippen molar-refractivity contribution in [3.63, 3.8) is 0 Å². The van der Waals surface area contributed by atoms with Crippen molar-refractivity contribution < 1.29 is 14.3 Å². The first-order chi connectivity index (χ1) is 12.0. The molecular formula is C18H27ClIN3O3. The van der Waals surface area contributed by atoms with Crippen molar-refractivity contribution >= 4 is 47.5 Å². The van der Waals surface area contributed by atoms with Crippen LogP contribution in [0.1, 0.15) is 12.5 Å². The SMILES string of the molecule is CN=C(NCCc1ccc(OC)cc1Cl)N1CC(C)C(C(=O)OC)C1.I. The second-order valence-electron chi connectivity index (χ2n) is 6.19. The van der Waals surface area contributed by atoms with Crippen LogP contribution in [0, 0.1) is 11.8 Å². The number of halogens is 2. The first-order valence-corrected chi connectivity index (χ1v) is 8.73. The Hall–Kier alpha value is -1.22. The second-order valence-corrected chi connectivity index (χ2v) is 6.60. The molecule has 1 aliphatic rings. The first-order valence-electron chi connectivity index (χ1n) is 8.36. The lowest BCUT2D eigenvalue weighted by molar-refractivity contribution is -0.145. The number of nitrogens with zero attached hydrogens (tertiary/aromatic N) is 2. The highest BCUT2D eigenvalue weighted by atomic mass is 127. The minimum Gasteiger partial charge on any atom is -0.497 e. The topological polar surface area (TPSA) is 63.2 Å². The molecule has 8 heteroatoms. The van der Waals surface area contributed by atoms with Gasteiger partial charge in [-0.25, -0.2) is 0 Å². The molecule has 0 saturated carbocycles. The van der Waals surface area contributed by atoms with Crippen LogP contribution >= 0.6 is 35.6 Å². The minimum absolute atomic E-state index is 0. The van der Waals surface area contributed by atoms with Gasteiger partial charge < -0.3 is 19.7 Å². The smallest absolute Gasteiger partial charge is 0.310 e. The van der Waals surface area contributed by atoms with E-state index in [-0.39, 0.29) is 41.8 Å². The molecule has 0 amide bonds. The van der Waals surface area contributed by atoms with Gasteiger partial charge in [-0.15, -0.1) is 24.0 Å². The summed E-state index contributed by atoms with van der Waals surface area (Å²) in [5.74, 6) is 1.51. The van der Waals surface area contributed by atoms with E-state index in [1.165, 1.54) is 7.11 Å². The zero-order valence-corrected chi connectivity index (χ0v) is 18.7. The lowest BCUT2D eigenvalue weighted by atomic mass is 9.99. The highest BCUT2D eigenvalue weighted by Gasteiger charge is 2.36. The molecule has 2 atom stereocenters. The van der Waals surface area contributed by atoms with Gasteiger partial charge in [0, 0.05) is 31.7 Å². The van der Waals surface area contributed by atoms with Crippen LogP contribution in [0.2, 0.25) is 5.02 Å². The summed E-state index contributed by atoms with van der Waals surface area (Å²) in [6.07, 6.45) is 0.770. The molecule has 2 unspecified atom stereocenters. The summed E-state index contributed by atoms with van der Waals surface area (Å²) in [7, 11) is 4.80. The van der Waals surface area contributed by atoms with E-state index in [9.17, 15) is 4.79 Å². The van der Waals surface area contributed by atoms with Crippen LogP contribution < -0.4 is 10.1 Å². The summed E-state index contributed by atoms with van der Waals surface area (Å²) < 4.78 is 10.0. The number of carbonyl (C=O) groups excluding carboxylic acids is 1. The van der Waals surface area contributed by atoms with Gasteiger partial charge in [0.05, 0.1) is 20.1 Å². The molecule has 2 rings (SSSR count). The van der Waals surface area contributed by atoms with Crippen molar-refractivity contribution in [3.8, 4) is 5.75 Å². The largest absolute Gasteiger partial charge is 0.497 e. The highest BCUT2D eigenvalue weighted by molar-refractivity contribution is 14.0. The number of methoxy groups -OCH3 is 2. The van der Waals surface area contributed by atoms with Crippen LogP contribution in [0.15, 0.2) is 23.2 Å². The lowest BCUT2D eigenvalue weighted by Gasteiger charge is -2.21. The third kappa shape index (κ3) is 5.64. The number of carbonyl (C=O) groups is 1. The summed E-state index contributed by atoms with van der Waals surface area (Å²) in [5, 5.41) is 4.04. The van der Waals surface area contributed by atoms with Gasteiger partial charge in [-0.2, -0.15) is 0 Å². The van der Waals surface area contributed by atoms with Crippen molar-refractivity contribution in [2.45, 2.75) is 13.3 Å². The zero-order chi connectivity index (χ0) is 18.4. The fourth-order valence-electron chi connectivity index (χ4n) is 3.10. The molecule has 1 aromatic rings. The Morgan fingerprint density at radius 1 is 1.38 bits per heavy atom. The number of guanidine groups is 1. The summed E-state index contributed by atoms with van der Waals surface area (Å²) >= 11 is 6.27. The molecule has 1 fully saturated rings. The Kier molecular flexibility index (Phi) is 9.49. The molecule has 1 N–H and O–H groups in total. The van der Waals surface area contributed by atoms with Crippen LogP contribution in [-0.2, 0) is 16.0 Å². The van der Waals surface area contributed by atoms with E-state index < -0.39 is 0 Å². The maximum Gasteiger partial charge on any atom is 0.310 e. The van der Waals surface area contributed by atoms with E-state index in [0.29, 0.717) is 18.1 Å². The molecule has 146 valence electrons. The van der Waals surface area contributed by atoms with Gasteiger partial charge in [-0.3, -0.25) is 9.79 Å². The van der Waals surface area contributed by atoms with Crippen molar-refractivity contribution in [2.24, 2.45) is 16.8 Å². The van der Waals surface area contributed by atoms with Crippen LogP contribution in [0.3, 0.4) is 0 Å². The number of rotatable bonds is 5. The number of hydrogen-bond donors (Lipinski definition) is 1. The van der Waals surface area contributed by atoms with Gasteiger partial charge in [0.2, 0.25) is 0 Å². The minimum atomic E-state index is -0.157. The molecule has 26 heavy (non-hydrogen) atoms. The van der Waals surface area contributed by atoms with Gasteiger partial charge in [0.1, 0.15) is 5.75 Å². The average Bonchev–Trinajstić information content (AvgIpc) is 3.00. The summed E-state index contributed by atoms with van der Waals surface area (Å²) in [5.41, 5.74) is 1.05. The van der Waals surface area contributed by atoms with Crippen LogP contribution in [0.5, 0.6) is 5.75 Å². The number of likely N-dealkylation sites (tertiary alicyclic amines) is 1. The fourth-order valence-corrected chi connectivity index (χ4v) is 3.36. The molecule has 0 aromatic heterocycles. The third-order valence-electron chi connectivity index (χ3n) is 4.57. The maximum absolute atomic E-state index is 11.8. The molecule has 0 bridgehead atoms. The Morgan fingerprint density at radius 2 is 2.12 bits per heavy atom. The van der Waals surface area contributed by atoms with E-state index in [0.717, 1.165) is 30.2 Å². The lowest BCUT2D eigenvalue weighted by Crippen LogP contribution is -2.41. The van der Waals surface area contributed by atoms with Gasteiger partial charge in [-0.05, 0) is 30.0 Å². The third-order valence-corrected chi connectivity index (χ3v) is 4.92. The van der Waals surface area contributed by atoms with Crippen LogP contribution in [0.25, 0.3) is 0 Å². The molecule has 0 aliphatic carbocycles. The van der Waals surface area contributed by atoms with Gasteiger partial charge >= 0.3 is 5.97 Å². The predicted molar refractivity (Wildman–Crippen MR) is 115 cm³/mol. The summed E-state index contributed by atoms with van der Waals surface area (Å²) in [4.78, 5) is 18.3. The maximum atomic E-state index is 11.8. The molecule has 1 aromatic carbocycles. The van der Waals surface area contributed by atoms with E-state index in [2.05, 4.69) is 22.1 Å². The molecule has 1 aliphatic heterocycles. The van der Waals surface area contributed by atoms with E-state index in [4.69, 9.17) is 21.1 Å². The summed E-state index contributed by atoms with van der Waals surface area (Å²) in [6.45, 7) is 4.16. The van der Waals surface area contributed by atoms with Gasteiger partial charge in [-0.1, -0.05) is 24.6 Å². The van der Waals surface area contributed by atoms with E-state index in [1.807, 2.05) is 18.2 Å². The van der Waals surface area contributed by atoms with Gasteiger partial charge in [0.15, 0.2) is 5.96 Å². The number of ether oxygens (including phenoxy) is 2. The van der Waals surface area contributed by atoms with E-state index in [1.54, 1.807) is 14.2 Å². The predicted octanol–water partition coefficient (Wildman–Crippen LogP) is 2.83. The van der Waals surface area contributed by atoms with Crippen LogP contribution in [0.4, 0.5) is 0 Å².